The molecule has 3 N–H and O–H groups in total. The van der Waals surface area contributed by atoms with Gasteiger partial charge < -0.3 is 15.4 Å². The maximum Gasteiger partial charge on any atom is 0.329 e. The fraction of sp³-hybridized carbons (Fsp3) is 0.0833. The van der Waals surface area contributed by atoms with Crippen molar-refractivity contribution < 1.29 is 23.5 Å². The zero-order valence-corrected chi connectivity index (χ0v) is 18.7. The van der Waals surface area contributed by atoms with Crippen LogP contribution in [0.4, 0.5) is 15.8 Å². The fourth-order valence-corrected chi connectivity index (χ4v) is 2.97. The van der Waals surface area contributed by atoms with Crippen LogP contribution in [0.5, 0.6) is 5.75 Å². The van der Waals surface area contributed by atoms with E-state index in [1.165, 1.54) is 25.3 Å². The van der Waals surface area contributed by atoms with E-state index in [2.05, 4.69) is 21.2 Å². The van der Waals surface area contributed by atoms with E-state index in [-0.39, 0.29) is 23.1 Å². The van der Waals surface area contributed by atoms with Crippen molar-refractivity contribution in [3.63, 3.8) is 0 Å². The predicted octanol–water partition coefficient (Wildman–Crippen LogP) is 4.11. The number of hydrazone groups is 1. The molecule has 0 saturated carbocycles. The number of hydrogen-bond donors (Lipinski definition) is 3. The number of benzene rings is 3. The summed E-state index contributed by atoms with van der Waals surface area (Å²) < 4.78 is 19.5. The lowest BCUT2D eigenvalue weighted by Gasteiger charge is -2.09. The first-order valence-electron chi connectivity index (χ1n) is 9.99. The molecule has 0 unspecified atom stereocenters. The molecule has 10 heteroatoms. The molecule has 0 aliphatic carbocycles. The smallest absolute Gasteiger partial charge is 0.329 e. The highest BCUT2D eigenvalue weighted by atomic mass is 35.5. The Labute approximate surface area is 199 Å². The molecule has 3 aromatic carbocycles. The number of nitrogens with zero attached hydrogens (tertiary/aromatic N) is 1. The highest BCUT2D eigenvalue weighted by Gasteiger charge is 2.13. The molecule has 0 bridgehead atoms. The number of ether oxygens (including phenoxy) is 1. The number of carbonyl (C=O) groups is 3. The minimum absolute atomic E-state index is 0.0607. The largest absolute Gasteiger partial charge is 0.489 e. The standard InChI is InChI=1S/C24H20ClFN4O4/c1-15(31)28-17-8-10-18(11-9-17)29-23(32)24(33)30-27-13-16-4-2-5-19(12-16)34-14-20-21(25)6-3-7-22(20)26/h2-13H,14H2,1H3,(H,28,31)(H,29,32)(H,30,33)/b27-13+. The second-order valence-corrected chi connectivity index (χ2v) is 7.38. The average molecular weight is 483 g/mol. The van der Waals surface area contributed by atoms with Gasteiger partial charge in [-0.25, -0.2) is 9.82 Å². The second kappa shape index (κ2) is 11.6. The van der Waals surface area contributed by atoms with Gasteiger partial charge >= 0.3 is 11.8 Å². The normalized spacial score (nSPS) is 10.6. The zero-order valence-electron chi connectivity index (χ0n) is 18.0. The van der Waals surface area contributed by atoms with E-state index in [0.717, 1.165) is 0 Å². The van der Waals surface area contributed by atoms with Crippen LogP contribution >= 0.6 is 11.6 Å². The summed E-state index contributed by atoms with van der Waals surface area (Å²) in [7, 11) is 0. The Bertz CT molecular complexity index is 1210. The summed E-state index contributed by atoms with van der Waals surface area (Å²) >= 11 is 6.00. The van der Waals surface area contributed by atoms with Gasteiger partial charge in [-0.2, -0.15) is 5.10 Å². The second-order valence-electron chi connectivity index (χ2n) is 6.97. The minimum Gasteiger partial charge on any atom is -0.489 e. The first kappa shape index (κ1) is 24.4. The number of rotatable bonds is 7. The van der Waals surface area contributed by atoms with Crippen LogP contribution in [0.2, 0.25) is 5.02 Å². The Morgan fingerprint density at radius 2 is 1.65 bits per heavy atom. The molecule has 0 aliphatic rings. The van der Waals surface area contributed by atoms with E-state index in [1.807, 2.05) is 0 Å². The molecule has 0 aliphatic heterocycles. The lowest BCUT2D eigenvalue weighted by molar-refractivity contribution is -0.136. The van der Waals surface area contributed by atoms with Crippen LogP contribution in [0.25, 0.3) is 0 Å². The quantitative estimate of drug-likeness (QED) is 0.267. The molecule has 34 heavy (non-hydrogen) atoms. The summed E-state index contributed by atoms with van der Waals surface area (Å²) in [6, 6.07) is 17.3. The Hall–Kier alpha value is -4.24. The Morgan fingerprint density at radius 1 is 0.971 bits per heavy atom. The average Bonchev–Trinajstić information content (AvgIpc) is 2.80. The number of amides is 3. The van der Waals surface area contributed by atoms with E-state index >= 15 is 0 Å². The summed E-state index contributed by atoms with van der Waals surface area (Å²) in [4.78, 5) is 35.0. The first-order chi connectivity index (χ1) is 16.3. The summed E-state index contributed by atoms with van der Waals surface area (Å²) in [5.41, 5.74) is 3.88. The topological polar surface area (TPSA) is 109 Å². The van der Waals surface area contributed by atoms with Crippen LogP contribution in [0.1, 0.15) is 18.1 Å². The minimum atomic E-state index is -0.969. The third-order valence-electron chi connectivity index (χ3n) is 4.35. The monoisotopic (exact) mass is 482 g/mol. The van der Waals surface area contributed by atoms with E-state index in [4.69, 9.17) is 16.3 Å². The summed E-state index contributed by atoms with van der Waals surface area (Å²) in [5.74, 6) is -2.13. The SMILES string of the molecule is CC(=O)Nc1ccc(NC(=O)C(=O)N/N=C/c2cccc(OCc3c(F)cccc3Cl)c2)cc1. The molecule has 3 rings (SSSR count). The Balaban J connectivity index is 1.52. The zero-order chi connectivity index (χ0) is 24.5. The van der Waals surface area contributed by atoms with Crippen LogP contribution in [0.3, 0.4) is 0 Å². The van der Waals surface area contributed by atoms with Crippen LogP contribution < -0.4 is 20.8 Å². The molecule has 174 valence electrons. The maximum absolute atomic E-state index is 13.9. The molecule has 0 saturated heterocycles. The number of halogens is 2. The lowest BCUT2D eigenvalue weighted by atomic mass is 10.2. The summed E-state index contributed by atoms with van der Waals surface area (Å²) in [6.45, 7) is 1.32. The van der Waals surface area contributed by atoms with Crippen molar-refractivity contribution in [1.82, 2.24) is 5.43 Å². The van der Waals surface area contributed by atoms with Crippen molar-refractivity contribution >= 4 is 46.9 Å². The summed E-state index contributed by atoms with van der Waals surface area (Å²) in [5, 5.41) is 9.05. The van der Waals surface area contributed by atoms with Crippen molar-refractivity contribution in [2.75, 3.05) is 10.6 Å². The van der Waals surface area contributed by atoms with Gasteiger partial charge in [-0.3, -0.25) is 14.4 Å². The molecule has 8 nitrogen and oxygen atoms in total. The van der Waals surface area contributed by atoms with Gasteiger partial charge in [0.2, 0.25) is 5.91 Å². The van der Waals surface area contributed by atoms with E-state index in [0.29, 0.717) is 22.7 Å². The van der Waals surface area contributed by atoms with Crippen LogP contribution in [-0.4, -0.2) is 23.9 Å². The van der Waals surface area contributed by atoms with Gasteiger partial charge in [0.25, 0.3) is 0 Å². The first-order valence-corrected chi connectivity index (χ1v) is 10.4. The van der Waals surface area contributed by atoms with Gasteiger partial charge in [-0.05, 0) is 54.1 Å². The van der Waals surface area contributed by atoms with Gasteiger partial charge in [0, 0.05) is 23.9 Å². The van der Waals surface area contributed by atoms with Crippen molar-refractivity contribution in [3.8, 4) is 5.75 Å². The molecule has 3 aromatic rings. The number of carbonyl (C=O) groups excluding carboxylic acids is 3. The molecular weight excluding hydrogens is 463 g/mol. The molecule has 0 spiro atoms. The van der Waals surface area contributed by atoms with Crippen LogP contribution in [0, 0.1) is 5.82 Å². The van der Waals surface area contributed by atoms with Crippen LogP contribution in [-0.2, 0) is 21.0 Å². The third-order valence-corrected chi connectivity index (χ3v) is 4.71. The molecule has 0 aromatic heterocycles. The summed E-state index contributed by atoms with van der Waals surface area (Å²) in [6.07, 6.45) is 1.33. The predicted molar refractivity (Wildman–Crippen MR) is 127 cm³/mol. The highest BCUT2D eigenvalue weighted by molar-refractivity contribution is 6.39. The number of nitrogens with one attached hydrogen (secondary N) is 3. The molecule has 0 atom stereocenters. The maximum atomic E-state index is 13.9. The molecular formula is C24H20ClFN4O4. The molecule has 3 amide bonds. The van der Waals surface area contributed by atoms with Crippen molar-refractivity contribution in [1.29, 1.82) is 0 Å². The van der Waals surface area contributed by atoms with Crippen LogP contribution in [0.15, 0.2) is 71.8 Å². The lowest BCUT2D eigenvalue weighted by Crippen LogP contribution is -2.32. The van der Waals surface area contributed by atoms with Gasteiger partial charge in [0.1, 0.15) is 18.2 Å². The molecule has 0 heterocycles. The van der Waals surface area contributed by atoms with Gasteiger partial charge in [0.05, 0.1) is 11.2 Å². The van der Waals surface area contributed by atoms with Gasteiger partial charge in [0.15, 0.2) is 0 Å². The van der Waals surface area contributed by atoms with E-state index in [9.17, 15) is 18.8 Å². The number of hydrogen-bond acceptors (Lipinski definition) is 5. The van der Waals surface area contributed by atoms with Crippen molar-refractivity contribution in [2.45, 2.75) is 13.5 Å². The highest BCUT2D eigenvalue weighted by Crippen LogP contribution is 2.22. The molecule has 0 radical (unpaired) electrons. The number of anilines is 2. The Kier molecular flexibility index (Phi) is 8.31. The fourth-order valence-electron chi connectivity index (χ4n) is 2.75. The van der Waals surface area contributed by atoms with E-state index in [1.54, 1.807) is 54.6 Å². The molecule has 0 fully saturated rings. The van der Waals surface area contributed by atoms with Crippen molar-refractivity contribution in [3.05, 3.63) is 88.7 Å². The van der Waals surface area contributed by atoms with E-state index < -0.39 is 17.6 Å². The third kappa shape index (κ3) is 7.14. The van der Waals surface area contributed by atoms with Crippen molar-refractivity contribution in [2.24, 2.45) is 5.10 Å². The van der Waals surface area contributed by atoms with Gasteiger partial charge in [-0.15, -0.1) is 0 Å². The Morgan fingerprint density at radius 3 is 2.32 bits per heavy atom. The van der Waals surface area contributed by atoms with Gasteiger partial charge in [-0.1, -0.05) is 29.8 Å².